The van der Waals surface area contributed by atoms with Gasteiger partial charge in [0.2, 0.25) is 5.95 Å². The summed E-state index contributed by atoms with van der Waals surface area (Å²) in [5, 5.41) is 6.63. The van der Waals surface area contributed by atoms with Crippen molar-refractivity contribution in [3.05, 3.63) is 48.2 Å². The Kier molecular flexibility index (Phi) is 7.33. The summed E-state index contributed by atoms with van der Waals surface area (Å²) in [6, 6.07) is 12.5. The highest BCUT2D eigenvalue weighted by Gasteiger charge is 1.99. The summed E-state index contributed by atoms with van der Waals surface area (Å²) in [5.74, 6) is 1.57. The molecule has 5 nitrogen and oxygen atoms in total. The number of anilines is 2. The first kappa shape index (κ1) is 17.2. The Bertz CT molecular complexity index is 556. The van der Waals surface area contributed by atoms with E-state index in [0.29, 0.717) is 5.95 Å². The monoisotopic (exact) mass is 313 g/mol. The maximum Gasteiger partial charge on any atom is 0.224 e. The number of nitrogens with one attached hydrogen (secondary N) is 2. The molecule has 0 aliphatic carbocycles. The topological polar surface area (TPSA) is 53.1 Å². The lowest BCUT2D eigenvalue weighted by atomic mass is 10.1. The molecule has 0 radical (unpaired) electrons. The summed E-state index contributed by atoms with van der Waals surface area (Å²) in [4.78, 5) is 10.9. The molecular formula is C18H27N5. The van der Waals surface area contributed by atoms with Crippen LogP contribution in [-0.4, -0.2) is 48.6 Å². The first-order valence-electron chi connectivity index (χ1n) is 8.23. The van der Waals surface area contributed by atoms with E-state index in [-0.39, 0.29) is 0 Å². The minimum Gasteiger partial charge on any atom is -0.370 e. The second kappa shape index (κ2) is 9.79. The van der Waals surface area contributed by atoms with Gasteiger partial charge in [-0.3, -0.25) is 0 Å². The molecule has 1 aromatic carbocycles. The minimum atomic E-state index is 0.691. The molecule has 0 atom stereocenters. The first-order chi connectivity index (χ1) is 11.2. The van der Waals surface area contributed by atoms with Crippen molar-refractivity contribution in [3.63, 3.8) is 0 Å². The molecule has 0 aliphatic rings. The van der Waals surface area contributed by atoms with Crippen LogP contribution in [0.25, 0.3) is 0 Å². The third-order valence-electron chi connectivity index (χ3n) is 3.51. The molecule has 1 aromatic heterocycles. The van der Waals surface area contributed by atoms with Gasteiger partial charge in [-0.1, -0.05) is 30.3 Å². The molecule has 0 amide bonds. The third-order valence-corrected chi connectivity index (χ3v) is 3.51. The Morgan fingerprint density at radius 1 is 0.957 bits per heavy atom. The van der Waals surface area contributed by atoms with Gasteiger partial charge < -0.3 is 15.5 Å². The molecule has 0 saturated heterocycles. The van der Waals surface area contributed by atoms with Gasteiger partial charge in [0.15, 0.2) is 0 Å². The Balaban J connectivity index is 1.68. The SMILES string of the molecule is CN(C)CCCNc1nccc(NCCCc2ccccc2)n1. The number of hydrogen-bond donors (Lipinski definition) is 2. The van der Waals surface area contributed by atoms with E-state index in [1.165, 1.54) is 5.56 Å². The lowest BCUT2D eigenvalue weighted by Crippen LogP contribution is -2.17. The average Bonchev–Trinajstić information content (AvgIpc) is 2.57. The molecule has 2 N–H and O–H groups in total. The molecule has 0 fully saturated rings. The van der Waals surface area contributed by atoms with Crippen LogP contribution >= 0.6 is 0 Å². The van der Waals surface area contributed by atoms with Crippen molar-refractivity contribution in [2.75, 3.05) is 44.4 Å². The maximum atomic E-state index is 4.49. The zero-order valence-electron chi connectivity index (χ0n) is 14.1. The normalized spacial score (nSPS) is 10.7. The zero-order valence-corrected chi connectivity index (χ0v) is 14.1. The molecule has 0 bridgehead atoms. The smallest absolute Gasteiger partial charge is 0.224 e. The summed E-state index contributed by atoms with van der Waals surface area (Å²) in [6.45, 7) is 2.85. The van der Waals surface area contributed by atoms with Crippen molar-refractivity contribution < 1.29 is 0 Å². The fourth-order valence-corrected chi connectivity index (χ4v) is 2.29. The van der Waals surface area contributed by atoms with Crippen LogP contribution in [-0.2, 0) is 6.42 Å². The van der Waals surface area contributed by atoms with E-state index < -0.39 is 0 Å². The molecule has 23 heavy (non-hydrogen) atoms. The van der Waals surface area contributed by atoms with Gasteiger partial charge in [0.05, 0.1) is 0 Å². The fraction of sp³-hybridized carbons (Fsp3) is 0.444. The van der Waals surface area contributed by atoms with Crippen molar-refractivity contribution in [1.29, 1.82) is 0 Å². The number of hydrogen-bond acceptors (Lipinski definition) is 5. The predicted octanol–water partition coefficient (Wildman–Crippen LogP) is 2.88. The third kappa shape index (κ3) is 7.10. The second-order valence-corrected chi connectivity index (χ2v) is 5.87. The van der Waals surface area contributed by atoms with Crippen LogP contribution in [0, 0.1) is 0 Å². The number of benzene rings is 1. The van der Waals surface area contributed by atoms with Crippen LogP contribution in [0.15, 0.2) is 42.6 Å². The largest absolute Gasteiger partial charge is 0.370 e. The highest BCUT2D eigenvalue weighted by molar-refractivity contribution is 5.39. The van der Waals surface area contributed by atoms with Gasteiger partial charge in [0.1, 0.15) is 5.82 Å². The molecule has 5 heteroatoms. The van der Waals surface area contributed by atoms with Crippen LogP contribution in [0.3, 0.4) is 0 Å². The lowest BCUT2D eigenvalue weighted by Gasteiger charge is -2.10. The van der Waals surface area contributed by atoms with Crippen molar-refractivity contribution >= 4 is 11.8 Å². The Hall–Kier alpha value is -2.14. The van der Waals surface area contributed by atoms with Gasteiger partial charge in [0, 0.05) is 19.3 Å². The quantitative estimate of drug-likeness (QED) is 0.661. The molecule has 124 valence electrons. The van der Waals surface area contributed by atoms with Gasteiger partial charge in [-0.25, -0.2) is 4.98 Å². The van der Waals surface area contributed by atoms with Gasteiger partial charge >= 0.3 is 0 Å². The minimum absolute atomic E-state index is 0.691. The number of aryl methyl sites for hydroxylation is 1. The van der Waals surface area contributed by atoms with E-state index >= 15 is 0 Å². The first-order valence-corrected chi connectivity index (χ1v) is 8.23. The standard InChI is InChI=1S/C18H27N5/c1-23(2)15-7-13-20-18-21-14-11-17(22-18)19-12-6-10-16-8-4-3-5-9-16/h3-5,8-9,11,14H,6-7,10,12-13,15H2,1-2H3,(H2,19,20,21,22). The van der Waals surface area contributed by atoms with E-state index in [1.54, 1.807) is 6.20 Å². The van der Waals surface area contributed by atoms with Gasteiger partial charge in [-0.15, -0.1) is 0 Å². The molecule has 0 spiro atoms. The van der Waals surface area contributed by atoms with Crippen LogP contribution in [0.2, 0.25) is 0 Å². The summed E-state index contributed by atoms with van der Waals surface area (Å²) in [6.07, 6.45) is 5.03. The molecule has 1 heterocycles. The van der Waals surface area contributed by atoms with Crippen molar-refractivity contribution in [3.8, 4) is 0 Å². The van der Waals surface area contributed by atoms with Crippen LogP contribution in [0.4, 0.5) is 11.8 Å². The van der Waals surface area contributed by atoms with E-state index in [1.807, 2.05) is 6.07 Å². The molecule has 2 aromatic rings. The molecule has 2 rings (SSSR count). The summed E-state index contributed by atoms with van der Waals surface area (Å²) < 4.78 is 0. The molecular weight excluding hydrogens is 286 g/mol. The van der Waals surface area contributed by atoms with Gasteiger partial charge in [-0.2, -0.15) is 4.98 Å². The number of rotatable bonds is 10. The van der Waals surface area contributed by atoms with Crippen molar-refractivity contribution in [1.82, 2.24) is 14.9 Å². The average molecular weight is 313 g/mol. The summed E-state index contributed by atoms with van der Waals surface area (Å²) in [5.41, 5.74) is 1.38. The Labute approximate surface area is 139 Å². The highest BCUT2D eigenvalue weighted by Crippen LogP contribution is 2.07. The molecule has 0 aliphatic heterocycles. The van der Waals surface area contributed by atoms with Gasteiger partial charge in [-0.05, 0) is 51.5 Å². The lowest BCUT2D eigenvalue weighted by molar-refractivity contribution is 0.405. The second-order valence-electron chi connectivity index (χ2n) is 5.87. The van der Waals surface area contributed by atoms with Crippen molar-refractivity contribution in [2.24, 2.45) is 0 Å². The predicted molar refractivity (Wildman–Crippen MR) is 96.9 cm³/mol. The van der Waals surface area contributed by atoms with E-state index in [0.717, 1.165) is 44.7 Å². The van der Waals surface area contributed by atoms with Crippen molar-refractivity contribution in [2.45, 2.75) is 19.3 Å². The van der Waals surface area contributed by atoms with Crippen LogP contribution in [0.5, 0.6) is 0 Å². The van der Waals surface area contributed by atoms with Crippen LogP contribution in [0.1, 0.15) is 18.4 Å². The van der Waals surface area contributed by atoms with Gasteiger partial charge in [0.25, 0.3) is 0 Å². The zero-order chi connectivity index (χ0) is 16.3. The van der Waals surface area contributed by atoms with E-state index in [9.17, 15) is 0 Å². The maximum absolute atomic E-state index is 4.49. The summed E-state index contributed by atoms with van der Waals surface area (Å²) in [7, 11) is 4.16. The Morgan fingerprint density at radius 2 is 1.74 bits per heavy atom. The molecule has 0 unspecified atom stereocenters. The highest BCUT2D eigenvalue weighted by atomic mass is 15.1. The van der Waals surface area contributed by atoms with Crippen LogP contribution < -0.4 is 10.6 Å². The molecule has 0 saturated carbocycles. The Morgan fingerprint density at radius 3 is 2.52 bits per heavy atom. The van der Waals surface area contributed by atoms with E-state index in [4.69, 9.17) is 0 Å². The number of nitrogens with zero attached hydrogens (tertiary/aromatic N) is 3. The number of aromatic nitrogens is 2. The summed E-state index contributed by atoms with van der Waals surface area (Å²) >= 11 is 0. The van der Waals surface area contributed by atoms with E-state index in [2.05, 4.69) is 69.9 Å². The fourth-order valence-electron chi connectivity index (χ4n) is 2.29.